The summed E-state index contributed by atoms with van der Waals surface area (Å²) in [6, 6.07) is 5.29. The van der Waals surface area contributed by atoms with Crippen molar-refractivity contribution in [3.05, 3.63) is 29.3 Å². The second-order valence-electron chi connectivity index (χ2n) is 5.36. The Morgan fingerprint density at radius 1 is 1.50 bits per heavy atom. The molecule has 1 unspecified atom stereocenters. The monoisotopic (exact) mass is 277 g/mol. The molecule has 0 aromatic heterocycles. The summed E-state index contributed by atoms with van der Waals surface area (Å²) < 4.78 is 5.75. The highest BCUT2D eigenvalue weighted by Gasteiger charge is 2.26. The number of carbonyl (C=O) groups excluding carboxylic acids is 1. The number of rotatable bonds is 4. The quantitative estimate of drug-likeness (QED) is 0.920. The van der Waals surface area contributed by atoms with Crippen molar-refractivity contribution in [3.63, 3.8) is 0 Å². The zero-order valence-electron chi connectivity index (χ0n) is 12.3. The number of hydrogen-bond acceptors (Lipinski definition) is 3. The van der Waals surface area contributed by atoms with Crippen LogP contribution in [0.5, 0.6) is 5.75 Å². The number of phenols is 1. The maximum Gasteiger partial charge on any atom is 0.257 e. The summed E-state index contributed by atoms with van der Waals surface area (Å²) >= 11 is 0. The lowest BCUT2D eigenvalue weighted by molar-refractivity contribution is 0.00202. The molecule has 1 aliphatic heterocycles. The summed E-state index contributed by atoms with van der Waals surface area (Å²) in [5.41, 5.74) is 1.12. The molecule has 1 fully saturated rings. The Hall–Kier alpha value is -1.55. The molecule has 1 amide bonds. The Balaban J connectivity index is 2.06. The summed E-state index contributed by atoms with van der Waals surface area (Å²) in [4.78, 5) is 14.3. The average molecular weight is 277 g/mol. The molecule has 1 N–H and O–H groups in total. The van der Waals surface area contributed by atoms with Crippen LogP contribution in [0.3, 0.4) is 0 Å². The molecule has 2 rings (SSSR count). The van der Waals surface area contributed by atoms with E-state index >= 15 is 0 Å². The molecule has 0 spiro atoms. The van der Waals surface area contributed by atoms with Gasteiger partial charge in [-0.25, -0.2) is 0 Å². The molecule has 0 bridgehead atoms. The predicted molar refractivity (Wildman–Crippen MR) is 78.0 cm³/mol. The van der Waals surface area contributed by atoms with Gasteiger partial charge >= 0.3 is 0 Å². The standard InChI is InChI=1S/C16H23NO3/c1-3-10-20-13-7-5-9-17(11-13)16(19)14-8-4-6-12(2)15(14)18/h4,6,8,13,18H,3,5,7,9-11H2,1-2H3. The van der Waals surface area contributed by atoms with Gasteiger partial charge in [0.15, 0.2) is 0 Å². The van der Waals surface area contributed by atoms with E-state index in [1.165, 1.54) is 0 Å². The second-order valence-corrected chi connectivity index (χ2v) is 5.36. The van der Waals surface area contributed by atoms with E-state index in [1.54, 1.807) is 30.0 Å². The first-order valence-electron chi connectivity index (χ1n) is 7.33. The van der Waals surface area contributed by atoms with Gasteiger partial charge in [0.1, 0.15) is 5.75 Å². The van der Waals surface area contributed by atoms with Crippen LogP contribution in [0.1, 0.15) is 42.1 Å². The van der Waals surface area contributed by atoms with Crippen LogP contribution in [0.25, 0.3) is 0 Å². The van der Waals surface area contributed by atoms with E-state index < -0.39 is 0 Å². The Morgan fingerprint density at radius 3 is 3.05 bits per heavy atom. The fourth-order valence-corrected chi connectivity index (χ4v) is 2.55. The van der Waals surface area contributed by atoms with Gasteiger partial charge in [0, 0.05) is 19.7 Å². The molecule has 1 heterocycles. The van der Waals surface area contributed by atoms with Crippen LogP contribution in [-0.2, 0) is 4.74 Å². The fourth-order valence-electron chi connectivity index (χ4n) is 2.55. The Kier molecular flexibility index (Phi) is 5.01. The minimum Gasteiger partial charge on any atom is -0.507 e. The van der Waals surface area contributed by atoms with Gasteiger partial charge in [-0.3, -0.25) is 4.79 Å². The van der Waals surface area contributed by atoms with Crippen molar-refractivity contribution in [2.24, 2.45) is 0 Å². The zero-order chi connectivity index (χ0) is 14.5. The van der Waals surface area contributed by atoms with Gasteiger partial charge in [-0.1, -0.05) is 19.1 Å². The highest BCUT2D eigenvalue weighted by Crippen LogP contribution is 2.24. The maximum atomic E-state index is 12.5. The molecule has 1 aromatic carbocycles. The zero-order valence-corrected chi connectivity index (χ0v) is 12.3. The topological polar surface area (TPSA) is 49.8 Å². The van der Waals surface area contributed by atoms with Gasteiger partial charge in [-0.2, -0.15) is 0 Å². The number of benzene rings is 1. The minimum atomic E-state index is -0.101. The second kappa shape index (κ2) is 6.75. The molecular weight excluding hydrogens is 254 g/mol. The lowest BCUT2D eigenvalue weighted by Crippen LogP contribution is -2.43. The van der Waals surface area contributed by atoms with Crippen molar-refractivity contribution in [1.82, 2.24) is 4.90 Å². The van der Waals surface area contributed by atoms with Crippen molar-refractivity contribution in [2.45, 2.75) is 39.2 Å². The molecule has 1 saturated heterocycles. The number of amides is 1. The lowest BCUT2D eigenvalue weighted by atomic mass is 10.0. The molecule has 110 valence electrons. The van der Waals surface area contributed by atoms with Crippen LogP contribution in [0.4, 0.5) is 0 Å². The van der Waals surface area contributed by atoms with Crippen LogP contribution in [0, 0.1) is 6.92 Å². The van der Waals surface area contributed by atoms with Crippen molar-refractivity contribution >= 4 is 5.91 Å². The normalized spacial score (nSPS) is 19.1. The van der Waals surface area contributed by atoms with Gasteiger partial charge in [0.25, 0.3) is 5.91 Å². The first-order valence-corrected chi connectivity index (χ1v) is 7.33. The Labute approximate surface area is 120 Å². The highest BCUT2D eigenvalue weighted by atomic mass is 16.5. The van der Waals surface area contributed by atoms with E-state index in [2.05, 4.69) is 6.92 Å². The van der Waals surface area contributed by atoms with Crippen LogP contribution in [0.2, 0.25) is 0 Å². The maximum absolute atomic E-state index is 12.5. The van der Waals surface area contributed by atoms with E-state index in [0.717, 1.165) is 38.0 Å². The molecule has 0 radical (unpaired) electrons. The third kappa shape index (κ3) is 3.31. The molecule has 1 atom stereocenters. The lowest BCUT2D eigenvalue weighted by Gasteiger charge is -2.33. The summed E-state index contributed by atoms with van der Waals surface area (Å²) in [5, 5.41) is 10.0. The minimum absolute atomic E-state index is 0.0918. The molecule has 4 heteroatoms. The Morgan fingerprint density at radius 2 is 2.30 bits per heavy atom. The number of ether oxygens (including phenoxy) is 1. The summed E-state index contributed by atoms with van der Waals surface area (Å²) in [5.74, 6) is -0.00917. The summed E-state index contributed by atoms with van der Waals surface area (Å²) in [6.07, 6.45) is 3.07. The van der Waals surface area contributed by atoms with E-state index in [-0.39, 0.29) is 17.8 Å². The summed E-state index contributed by atoms with van der Waals surface area (Å²) in [7, 11) is 0. The van der Waals surface area contributed by atoms with Gasteiger partial charge in [-0.15, -0.1) is 0 Å². The number of phenolic OH excluding ortho intramolecular Hbond substituents is 1. The first kappa shape index (κ1) is 14.9. The van der Waals surface area contributed by atoms with E-state index in [0.29, 0.717) is 12.1 Å². The molecule has 1 aromatic rings. The third-order valence-electron chi connectivity index (χ3n) is 3.69. The van der Waals surface area contributed by atoms with Crippen LogP contribution < -0.4 is 0 Å². The smallest absolute Gasteiger partial charge is 0.257 e. The van der Waals surface area contributed by atoms with Gasteiger partial charge in [0.05, 0.1) is 11.7 Å². The third-order valence-corrected chi connectivity index (χ3v) is 3.69. The van der Waals surface area contributed by atoms with Gasteiger partial charge in [-0.05, 0) is 37.8 Å². The molecule has 0 aliphatic carbocycles. The molecule has 20 heavy (non-hydrogen) atoms. The number of hydrogen-bond donors (Lipinski definition) is 1. The van der Waals surface area contributed by atoms with Crippen LogP contribution in [-0.4, -0.2) is 41.7 Å². The van der Waals surface area contributed by atoms with Crippen molar-refractivity contribution in [3.8, 4) is 5.75 Å². The molecule has 1 aliphatic rings. The van der Waals surface area contributed by atoms with Crippen LogP contribution >= 0.6 is 0 Å². The SMILES string of the molecule is CCCOC1CCCN(C(=O)c2cccc(C)c2O)C1. The molecule has 0 saturated carbocycles. The number of piperidine rings is 1. The first-order chi connectivity index (χ1) is 9.63. The number of likely N-dealkylation sites (tertiary alicyclic amines) is 1. The van der Waals surface area contributed by atoms with Gasteiger partial charge in [0.2, 0.25) is 0 Å². The largest absolute Gasteiger partial charge is 0.507 e. The number of aromatic hydroxyl groups is 1. The average Bonchev–Trinajstić information content (AvgIpc) is 2.47. The van der Waals surface area contributed by atoms with Crippen molar-refractivity contribution < 1.29 is 14.6 Å². The van der Waals surface area contributed by atoms with Gasteiger partial charge < -0.3 is 14.7 Å². The van der Waals surface area contributed by atoms with E-state index in [9.17, 15) is 9.90 Å². The van der Waals surface area contributed by atoms with E-state index in [1.807, 2.05) is 0 Å². The number of carbonyl (C=O) groups is 1. The number of aryl methyl sites for hydroxylation is 1. The number of para-hydroxylation sites is 1. The Bertz CT molecular complexity index is 473. The summed E-state index contributed by atoms with van der Waals surface area (Å²) in [6.45, 7) is 5.97. The van der Waals surface area contributed by atoms with Crippen molar-refractivity contribution in [1.29, 1.82) is 0 Å². The fraction of sp³-hybridized carbons (Fsp3) is 0.562. The van der Waals surface area contributed by atoms with Crippen LogP contribution in [0.15, 0.2) is 18.2 Å². The molecular formula is C16H23NO3. The van der Waals surface area contributed by atoms with Crippen molar-refractivity contribution in [2.75, 3.05) is 19.7 Å². The molecule has 4 nitrogen and oxygen atoms in total. The predicted octanol–water partition coefficient (Wildman–Crippen LogP) is 2.73. The van der Waals surface area contributed by atoms with E-state index in [4.69, 9.17) is 4.74 Å². The highest BCUT2D eigenvalue weighted by molar-refractivity contribution is 5.97. The number of nitrogens with zero attached hydrogens (tertiary/aromatic N) is 1.